The molecule has 4 rings (SSSR count). The quantitative estimate of drug-likeness (QED) is 0.836. The Morgan fingerprint density at radius 3 is 2.53 bits per heavy atom. The highest BCUT2D eigenvalue weighted by molar-refractivity contribution is 5.89. The fourth-order valence-corrected chi connectivity index (χ4v) is 4.91. The van der Waals surface area contributed by atoms with Crippen LogP contribution in [0.4, 0.5) is 0 Å². The maximum atomic E-state index is 10.3. The Bertz CT molecular complexity index is 1210. The number of rotatable bonds is 2. The SMILES string of the molecule is COc1ccc2ccccc2c1[C@H]1[C@H]2CN(C)CC=C2C(C#N)=C(N)C1(C#N)C#N. The average molecular weight is 395 g/mol. The summed E-state index contributed by atoms with van der Waals surface area (Å²) >= 11 is 0. The van der Waals surface area contributed by atoms with Crippen molar-refractivity contribution in [2.75, 3.05) is 27.2 Å². The van der Waals surface area contributed by atoms with Crippen LogP contribution in [0.2, 0.25) is 0 Å². The van der Waals surface area contributed by atoms with Crippen LogP contribution in [0.1, 0.15) is 11.5 Å². The zero-order chi connectivity index (χ0) is 21.5. The molecule has 2 aromatic carbocycles. The van der Waals surface area contributed by atoms with E-state index in [0.717, 1.165) is 21.9 Å². The van der Waals surface area contributed by atoms with Crippen LogP contribution >= 0.6 is 0 Å². The van der Waals surface area contributed by atoms with Crippen LogP contribution in [-0.2, 0) is 0 Å². The topological polar surface area (TPSA) is 110 Å². The van der Waals surface area contributed by atoms with E-state index in [1.807, 2.05) is 49.5 Å². The van der Waals surface area contributed by atoms with Crippen molar-refractivity contribution in [2.24, 2.45) is 17.1 Å². The van der Waals surface area contributed by atoms with Gasteiger partial charge in [0.2, 0.25) is 0 Å². The number of allylic oxidation sites excluding steroid dienone is 2. The number of benzene rings is 2. The van der Waals surface area contributed by atoms with Gasteiger partial charge in [-0.05, 0) is 29.5 Å². The lowest BCUT2D eigenvalue weighted by Gasteiger charge is -2.45. The van der Waals surface area contributed by atoms with E-state index in [9.17, 15) is 15.8 Å². The number of ether oxygens (including phenoxy) is 1. The van der Waals surface area contributed by atoms with Gasteiger partial charge in [0.05, 0.1) is 30.5 Å². The summed E-state index contributed by atoms with van der Waals surface area (Å²) in [6, 6.07) is 18.2. The van der Waals surface area contributed by atoms with Crippen molar-refractivity contribution < 1.29 is 4.74 Å². The van der Waals surface area contributed by atoms with E-state index in [0.29, 0.717) is 18.8 Å². The molecule has 1 heterocycles. The molecule has 148 valence electrons. The summed E-state index contributed by atoms with van der Waals surface area (Å²) in [5.41, 5.74) is 6.62. The molecule has 2 aliphatic rings. The predicted molar refractivity (Wildman–Crippen MR) is 113 cm³/mol. The minimum Gasteiger partial charge on any atom is -0.496 e. The fraction of sp³-hybridized carbons (Fsp3) is 0.292. The highest BCUT2D eigenvalue weighted by Gasteiger charge is 2.55. The number of methoxy groups -OCH3 is 1. The minimum absolute atomic E-state index is 0.0297. The first kappa shape index (κ1) is 19.5. The number of likely N-dealkylation sites (N-methyl/N-ethyl adjacent to an activating group) is 1. The van der Waals surface area contributed by atoms with Crippen LogP contribution in [0.15, 0.2) is 59.3 Å². The Balaban J connectivity index is 2.15. The maximum Gasteiger partial charge on any atom is 0.191 e. The van der Waals surface area contributed by atoms with E-state index in [1.54, 1.807) is 7.11 Å². The van der Waals surface area contributed by atoms with Gasteiger partial charge < -0.3 is 15.4 Å². The lowest BCUT2D eigenvalue weighted by Crippen LogP contribution is -2.47. The number of nitriles is 3. The van der Waals surface area contributed by atoms with E-state index >= 15 is 0 Å². The van der Waals surface area contributed by atoms with E-state index in [-0.39, 0.29) is 17.2 Å². The van der Waals surface area contributed by atoms with E-state index < -0.39 is 11.3 Å². The van der Waals surface area contributed by atoms with Crippen LogP contribution in [-0.4, -0.2) is 32.1 Å². The summed E-state index contributed by atoms with van der Waals surface area (Å²) in [4.78, 5) is 2.12. The molecule has 1 aliphatic heterocycles. The standard InChI is InChI=1S/C24H21N5O/c1-29-10-9-17-18(11-25)23(28)24(13-26,14-27)22(19(17)12-29)21-16-6-4-3-5-15(16)7-8-20(21)30-2/h3-9,19,22H,10,12,28H2,1-2H3/t19-,22+/m0/s1. The largest absolute Gasteiger partial charge is 0.496 e. The number of hydrogen-bond acceptors (Lipinski definition) is 6. The van der Waals surface area contributed by atoms with Crippen molar-refractivity contribution in [3.8, 4) is 24.0 Å². The molecule has 6 heteroatoms. The second-order valence-electron chi connectivity index (χ2n) is 7.80. The van der Waals surface area contributed by atoms with Crippen LogP contribution < -0.4 is 10.5 Å². The Kier molecular flexibility index (Phi) is 4.70. The highest BCUT2D eigenvalue weighted by atomic mass is 16.5. The first-order chi connectivity index (χ1) is 14.5. The maximum absolute atomic E-state index is 10.3. The number of nitrogens with two attached hydrogens (primary N) is 1. The first-order valence-corrected chi connectivity index (χ1v) is 9.69. The summed E-state index contributed by atoms with van der Waals surface area (Å²) in [6.45, 7) is 1.28. The van der Waals surface area contributed by atoms with Gasteiger partial charge in [0.25, 0.3) is 0 Å². The molecule has 0 bridgehead atoms. The molecule has 0 fully saturated rings. The molecule has 0 radical (unpaired) electrons. The summed E-state index contributed by atoms with van der Waals surface area (Å²) in [7, 11) is 3.57. The van der Waals surface area contributed by atoms with E-state index in [2.05, 4.69) is 23.1 Å². The van der Waals surface area contributed by atoms with Gasteiger partial charge >= 0.3 is 0 Å². The summed E-state index contributed by atoms with van der Waals surface area (Å²) in [5, 5.41) is 32.3. The lowest BCUT2D eigenvalue weighted by atomic mass is 9.57. The molecule has 1 aliphatic carbocycles. The van der Waals surface area contributed by atoms with Gasteiger partial charge in [0, 0.05) is 30.5 Å². The number of nitrogens with zero attached hydrogens (tertiary/aromatic N) is 4. The minimum atomic E-state index is -1.68. The van der Waals surface area contributed by atoms with Gasteiger partial charge in [0.1, 0.15) is 11.8 Å². The molecule has 0 spiro atoms. The van der Waals surface area contributed by atoms with Gasteiger partial charge in [-0.3, -0.25) is 0 Å². The second-order valence-corrected chi connectivity index (χ2v) is 7.80. The molecule has 2 N–H and O–H groups in total. The molecule has 2 aromatic rings. The third-order valence-electron chi connectivity index (χ3n) is 6.31. The Labute approximate surface area is 175 Å². The molecular weight excluding hydrogens is 374 g/mol. The smallest absolute Gasteiger partial charge is 0.191 e. The monoisotopic (exact) mass is 395 g/mol. The third kappa shape index (κ3) is 2.57. The molecule has 2 atom stereocenters. The van der Waals surface area contributed by atoms with Crippen molar-refractivity contribution in [3.63, 3.8) is 0 Å². The molecule has 0 aromatic heterocycles. The molecular formula is C24H21N5O. The summed E-state index contributed by atoms with van der Waals surface area (Å²) in [6.07, 6.45) is 1.99. The van der Waals surface area contributed by atoms with Crippen LogP contribution in [0.3, 0.4) is 0 Å². The Morgan fingerprint density at radius 1 is 1.13 bits per heavy atom. The van der Waals surface area contributed by atoms with Crippen molar-refractivity contribution in [3.05, 3.63) is 64.9 Å². The fourth-order valence-electron chi connectivity index (χ4n) is 4.91. The molecule has 0 unspecified atom stereocenters. The van der Waals surface area contributed by atoms with Gasteiger partial charge in [-0.1, -0.05) is 36.4 Å². The number of hydrogen-bond donors (Lipinski definition) is 1. The van der Waals surface area contributed by atoms with E-state index in [4.69, 9.17) is 10.5 Å². The van der Waals surface area contributed by atoms with Crippen molar-refractivity contribution in [1.29, 1.82) is 15.8 Å². The van der Waals surface area contributed by atoms with Crippen molar-refractivity contribution in [1.82, 2.24) is 4.90 Å². The summed E-state index contributed by atoms with van der Waals surface area (Å²) in [5.74, 6) is -0.223. The van der Waals surface area contributed by atoms with Crippen LogP contribution in [0, 0.1) is 45.3 Å². The Hall–Kier alpha value is -3.79. The third-order valence-corrected chi connectivity index (χ3v) is 6.31. The van der Waals surface area contributed by atoms with Crippen molar-refractivity contribution in [2.45, 2.75) is 5.92 Å². The van der Waals surface area contributed by atoms with Crippen LogP contribution in [0.5, 0.6) is 5.75 Å². The predicted octanol–water partition coefficient (Wildman–Crippen LogP) is 3.20. The van der Waals surface area contributed by atoms with Gasteiger partial charge in [-0.25, -0.2) is 0 Å². The number of fused-ring (bicyclic) bond motifs is 2. The lowest BCUT2D eigenvalue weighted by molar-refractivity contribution is 0.235. The normalized spacial score (nSPS) is 23.0. The zero-order valence-electron chi connectivity index (χ0n) is 16.9. The first-order valence-electron chi connectivity index (χ1n) is 9.69. The molecule has 0 amide bonds. The van der Waals surface area contributed by atoms with Gasteiger partial charge in [0.15, 0.2) is 5.41 Å². The molecule has 6 nitrogen and oxygen atoms in total. The van der Waals surface area contributed by atoms with Gasteiger partial charge in [-0.15, -0.1) is 0 Å². The zero-order valence-corrected chi connectivity index (χ0v) is 16.9. The second kappa shape index (κ2) is 7.23. The Morgan fingerprint density at radius 2 is 1.87 bits per heavy atom. The molecule has 0 saturated heterocycles. The van der Waals surface area contributed by atoms with Crippen LogP contribution in [0.25, 0.3) is 10.8 Å². The van der Waals surface area contributed by atoms with Crippen molar-refractivity contribution >= 4 is 10.8 Å². The van der Waals surface area contributed by atoms with E-state index in [1.165, 1.54) is 0 Å². The average Bonchev–Trinajstić information content (AvgIpc) is 2.78. The summed E-state index contributed by atoms with van der Waals surface area (Å²) < 4.78 is 5.71. The molecule has 0 saturated carbocycles. The van der Waals surface area contributed by atoms with Gasteiger partial charge in [-0.2, -0.15) is 15.8 Å². The highest BCUT2D eigenvalue weighted by Crippen LogP contribution is 2.56. The molecule has 30 heavy (non-hydrogen) atoms.